The summed E-state index contributed by atoms with van der Waals surface area (Å²) >= 11 is 0. The van der Waals surface area contributed by atoms with Gasteiger partial charge in [-0.1, -0.05) is 0 Å². The molecule has 16 heavy (non-hydrogen) atoms. The van der Waals surface area contributed by atoms with Gasteiger partial charge in [-0.05, 0) is 13.0 Å². The number of nitro groups is 1. The molecule has 0 amide bonds. The van der Waals surface area contributed by atoms with Crippen LogP contribution in [0.5, 0.6) is 0 Å². The number of nitro benzene ring substituents is 1. The van der Waals surface area contributed by atoms with Crippen LogP contribution in [0, 0.1) is 10.1 Å². The van der Waals surface area contributed by atoms with Crippen molar-refractivity contribution in [3.63, 3.8) is 0 Å². The second-order valence-electron chi connectivity index (χ2n) is 2.94. The molecule has 1 aromatic rings. The van der Waals surface area contributed by atoms with E-state index in [1.807, 2.05) is 0 Å². The molecule has 0 radical (unpaired) electrons. The van der Waals surface area contributed by atoms with Gasteiger partial charge in [0.25, 0.3) is 15.8 Å². The SMILES string of the molecule is CCNc1ccc([N+](=O)[O-])cc1S(=O)(=O)O. The molecule has 1 aromatic carbocycles. The Hall–Kier alpha value is -1.67. The lowest BCUT2D eigenvalue weighted by Gasteiger charge is -2.07. The lowest BCUT2D eigenvalue weighted by molar-refractivity contribution is -0.385. The Bertz CT molecular complexity index is 511. The number of anilines is 1. The van der Waals surface area contributed by atoms with Crippen LogP contribution in [0.25, 0.3) is 0 Å². The summed E-state index contributed by atoms with van der Waals surface area (Å²) in [6.07, 6.45) is 0. The predicted molar refractivity (Wildman–Crippen MR) is 57.1 cm³/mol. The van der Waals surface area contributed by atoms with Crippen LogP contribution in [0.15, 0.2) is 23.1 Å². The van der Waals surface area contributed by atoms with Gasteiger partial charge in [0.05, 0.1) is 10.6 Å². The Morgan fingerprint density at radius 1 is 1.50 bits per heavy atom. The van der Waals surface area contributed by atoms with E-state index in [1.165, 1.54) is 6.07 Å². The molecule has 8 heteroatoms. The minimum absolute atomic E-state index is 0.135. The highest BCUT2D eigenvalue weighted by molar-refractivity contribution is 7.86. The lowest BCUT2D eigenvalue weighted by Crippen LogP contribution is -2.06. The van der Waals surface area contributed by atoms with E-state index >= 15 is 0 Å². The number of rotatable bonds is 4. The maximum Gasteiger partial charge on any atom is 0.296 e. The minimum Gasteiger partial charge on any atom is -0.384 e. The first-order valence-corrected chi connectivity index (χ1v) is 5.80. The summed E-state index contributed by atoms with van der Waals surface area (Å²) in [6.45, 7) is 2.16. The average molecular weight is 246 g/mol. The first-order valence-electron chi connectivity index (χ1n) is 4.36. The van der Waals surface area contributed by atoms with Crippen LogP contribution in [0.1, 0.15) is 6.92 Å². The summed E-state index contributed by atoms with van der Waals surface area (Å²) in [5.74, 6) is 0. The zero-order valence-electron chi connectivity index (χ0n) is 8.37. The van der Waals surface area contributed by atoms with Crippen molar-refractivity contribution in [2.24, 2.45) is 0 Å². The van der Waals surface area contributed by atoms with Crippen molar-refractivity contribution in [2.75, 3.05) is 11.9 Å². The van der Waals surface area contributed by atoms with E-state index in [0.717, 1.165) is 12.1 Å². The zero-order valence-corrected chi connectivity index (χ0v) is 9.19. The normalized spacial score (nSPS) is 11.1. The molecular formula is C8H10N2O5S. The largest absolute Gasteiger partial charge is 0.384 e. The van der Waals surface area contributed by atoms with Gasteiger partial charge in [-0.2, -0.15) is 8.42 Å². The van der Waals surface area contributed by atoms with Crippen molar-refractivity contribution in [1.29, 1.82) is 0 Å². The molecule has 0 bridgehead atoms. The fraction of sp³-hybridized carbons (Fsp3) is 0.250. The summed E-state index contributed by atoms with van der Waals surface area (Å²) in [7, 11) is -4.48. The highest BCUT2D eigenvalue weighted by Crippen LogP contribution is 2.25. The van der Waals surface area contributed by atoms with E-state index in [1.54, 1.807) is 6.92 Å². The van der Waals surface area contributed by atoms with E-state index in [9.17, 15) is 18.5 Å². The van der Waals surface area contributed by atoms with Crippen LogP contribution in [0.4, 0.5) is 11.4 Å². The Balaban J connectivity index is 3.39. The Morgan fingerprint density at radius 2 is 2.12 bits per heavy atom. The Kier molecular flexibility index (Phi) is 3.45. The molecule has 0 fully saturated rings. The van der Waals surface area contributed by atoms with Crippen LogP contribution >= 0.6 is 0 Å². The second kappa shape index (κ2) is 4.45. The maximum atomic E-state index is 11.0. The number of hydrogen-bond acceptors (Lipinski definition) is 5. The summed E-state index contributed by atoms with van der Waals surface area (Å²) in [5.41, 5.74) is -0.259. The molecule has 0 aliphatic rings. The monoisotopic (exact) mass is 246 g/mol. The number of nitrogens with zero attached hydrogens (tertiary/aromatic N) is 1. The number of nitrogens with one attached hydrogen (secondary N) is 1. The molecule has 0 spiro atoms. The zero-order chi connectivity index (χ0) is 12.3. The van der Waals surface area contributed by atoms with Gasteiger partial charge < -0.3 is 5.32 Å². The lowest BCUT2D eigenvalue weighted by atomic mass is 10.3. The standard InChI is InChI=1S/C8H10N2O5S/c1-2-9-7-4-3-6(10(11)12)5-8(7)16(13,14)15/h3-5,9H,2H2,1H3,(H,13,14,15). The van der Waals surface area contributed by atoms with Gasteiger partial charge >= 0.3 is 0 Å². The van der Waals surface area contributed by atoms with Crippen molar-refractivity contribution >= 4 is 21.5 Å². The van der Waals surface area contributed by atoms with Gasteiger partial charge in [0.15, 0.2) is 0 Å². The summed E-state index contributed by atoms with van der Waals surface area (Å²) in [6, 6.07) is 3.21. The molecule has 0 saturated heterocycles. The smallest absolute Gasteiger partial charge is 0.296 e. The highest BCUT2D eigenvalue weighted by atomic mass is 32.2. The van der Waals surface area contributed by atoms with Crippen LogP contribution < -0.4 is 5.32 Å². The van der Waals surface area contributed by atoms with E-state index < -0.39 is 25.6 Å². The number of non-ortho nitro benzene ring substituents is 1. The number of hydrogen-bond donors (Lipinski definition) is 2. The molecule has 0 aliphatic carbocycles. The van der Waals surface area contributed by atoms with Crippen LogP contribution in [-0.2, 0) is 10.1 Å². The van der Waals surface area contributed by atoms with Gasteiger partial charge in [-0.3, -0.25) is 14.7 Å². The third-order valence-electron chi connectivity index (χ3n) is 1.82. The molecule has 2 N–H and O–H groups in total. The third-order valence-corrected chi connectivity index (χ3v) is 2.71. The first kappa shape index (κ1) is 12.4. The Morgan fingerprint density at radius 3 is 2.56 bits per heavy atom. The molecule has 0 aliphatic heterocycles. The fourth-order valence-corrected chi connectivity index (χ4v) is 1.86. The molecule has 0 unspecified atom stereocenters. The van der Waals surface area contributed by atoms with Gasteiger partial charge in [0.2, 0.25) is 0 Å². The predicted octanol–water partition coefficient (Wildman–Crippen LogP) is 1.27. The van der Waals surface area contributed by atoms with Crippen LogP contribution in [0.3, 0.4) is 0 Å². The van der Waals surface area contributed by atoms with E-state index in [0.29, 0.717) is 6.54 Å². The van der Waals surface area contributed by atoms with E-state index in [2.05, 4.69) is 5.32 Å². The van der Waals surface area contributed by atoms with Crippen molar-refractivity contribution < 1.29 is 17.9 Å². The maximum absolute atomic E-state index is 11.0. The fourth-order valence-electron chi connectivity index (χ4n) is 1.17. The topological polar surface area (TPSA) is 110 Å². The summed E-state index contributed by atoms with van der Waals surface area (Å²) in [5, 5.41) is 13.1. The van der Waals surface area contributed by atoms with Crippen molar-refractivity contribution in [1.82, 2.24) is 0 Å². The summed E-state index contributed by atoms with van der Waals surface area (Å²) in [4.78, 5) is 9.23. The molecule has 88 valence electrons. The molecule has 0 aromatic heterocycles. The highest BCUT2D eigenvalue weighted by Gasteiger charge is 2.19. The van der Waals surface area contributed by atoms with Crippen molar-refractivity contribution in [3.05, 3.63) is 28.3 Å². The van der Waals surface area contributed by atoms with Gasteiger partial charge in [0.1, 0.15) is 4.90 Å². The van der Waals surface area contributed by atoms with Gasteiger partial charge in [-0.25, -0.2) is 0 Å². The van der Waals surface area contributed by atoms with Gasteiger partial charge in [0, 0.05) is 18.7 Å². The molecule has 0 heterocycles. The first-order chi connectivity index (χ1) is 7.36. The number of benzene rings is 1. The van der Waals surface area contributed by atoms with Crippen molar-refractivity contribution in [3.8, 4) is 0 Å². The molecule has 7 nitrogen and oxygen atoms in total. The molecule has 0 saturated carbocycles. The molecular weight excluding hydrogens is 236 g/mol. The summed E-state index contributed by atoms with van der Waals surface area (Å²) < 4.78 is 30.9. The van der Waals surface area contributed by atoms with Gasteiger partial charge in [-0.15, -0.1) is 0 Å². The van der Waals surface area contributed by atoms with E-state index in [4.69, 9.17) is 4.55 Å². The van der Waals surface area contributed by atoms with Crippen LogP contribution in [-0.4, -0.2) is 24.4 Å². The minimum atomic E-state index is -4.48. The molecule has 1 rings (SSSR count). The quantitative estimate of drug-likeness (QED) is 0.470. The second-order valence-corrected chi connectivity index (χ2v) is 4.33. The van der Waals surface area contributed by atoms with Crippen molar-refractivity contribution in [2.45, 2.75) is 11.8 Å². The third kappa shape index (κ3) is 2.67. The van der Waals surface area contributed by atoms with Crippen LogP contribution in [0.2, 0.25) is 0 Å². The average Bonchev–Trinajstić information content (AvgIpc) is 2.16. The van der Waals surface area contributed by atoms with E-state index in [-0.39, 0.29) is 5.69 Å². The molecule has 0 atom stereocenters. The Labute approximate surface area is 92.0 Å².